The summed E-state index contributed by atoms with van der Waals surface area (Å²) in [5, 5.41) is 27.7. The van der Waals surface area contributed by atoms with Gasteiger partial charge in [-0.1, -0.05) is 19.1 Å². The van der Waals surface area contributed by atoms with Crippen LogP contribution in [-0.4, -0.2) is 22.8 Å². The van der Waals surface area contributed by atoms with Gasteiger partial charge in [-0.25, -0.2) is 4.79 Å². The number of para-hydroxylation sites is 1. The number of phenols is 2. The molecule has 0 saturated heterocycles. The number of carbonyl (C=O) groups is 1. The topological polar surface area (TPSA) is 90.6 Å². The fraction of sp³-hybridized carbons (Fsp3) is 0.231. The van der Waals surface area contributed by atoms with Gasteiger partial charge in [-0.05, 0) is 18.6 Å². The molecule has 0 unspecified atom stereocenters. The van der Waals surface area contributed by atoms with Gasteiger partial charge in [-0.3, -0.25) is 0 Å². The van der Waals surface area contributed by atoms with E-state index < -0.39 is 5.97 Å². The van der Waals surface area contributed by atoms with Crippen LogP contribution in [0.1, 0.15) is 18.9 Å². The molecule has 0 saturated carbocycles. The van der Waals surface area contributed by atoms with Crippen LogP contribution in [0.15, 0.2) is 23.8 Å². The van der Waals surface area contributed by atoms with Crippen molar-refractivity contribution >= 4 is 12.0 Å². The molecule has 1 rings (SSSR count). The summed E-state index contributed by atoms with van der Waals surface area (Å²) in [6, 6.07) is 5.96. The van der Waals surface area contributed by atoms with E-state index in [4.69, 9.17) is 10.00 Å². The zero-order valence-electron chi connectivity index (χ0n) is 9.88. The molecule has 0 aromatic heterocycles. The molecule has 1 aromatic rings. The summed E-state index contributed by atoms with van der Waals surface area (Å²) >= 11 is 0. The van der Waals surface area contributed by atoms with Gasteiger partial charge in [0.15, 0.2) is 11.5 Å². The van der Waals surface area contributed by atoms with Gasteiger partial charge in [-0.2, -0.15) is 5.26 Å². The number of carbonyl (C=O) groups excluding carboxylic acids is 1. The van der Waals surface area contributed by atoms with Crippen molar-refractivity contribution in [2.75, 3.05) is 6.61 Å². The average molecular weight is 247 g/mol. The third-order valence-electron chi connectivity index (χ3n) is 2.12. The number of hydrogen-bond acceptors (Lipinski definition) is 5. The maximum absolute atomic E-state index is 11.5. The average Bonchev–Trinajstić information content (AvgIpc) is 2.37. The highest BCUT2D eigenvalue weighted by Crippen LogP contribution is 2.29. The maximum Gasteiger partial charge on any atom is 0.348 e. The zero-order valence-corrected chi connectivity index (χ0v) is 9.88. The van der Waals surface area contributed by atoms with E-state index in [0.717, 1.165) is 0 Å². The van der Waals surface area contributed by atoms with E-state index in [0.29, 0.717) is 6.42 Å². The second-order valence-corrected chi connectivity index (χ2v) is 3.52. The second-order valence-electron chi connectivity index (χ2n) is 3.52. The highest BCUT2D eigenvalue weighted by atomic mass is 16.5. The number of rotatable bonds is 4. The fourth-order valence-corrected chi connectivity index (χ4v) is 1.23. The molecule has 0 heterocycles. The van der Waals surface area contributed by atoms with Crippen molar-refractivity contribution in [3.05, 3.63) is 29.3 Å². The highest BCUT2D eigenvalue weighted by Gasteiger charge is 2.12. The van der Waals surface area contributed by atoms with E-state index in [-0.39, 0.29) is 29.2 Å². The lowest BCUT2D eigenvalue weighted by Crippen LogP contribution is -2.07. The van der Waals surface area contributed by atoms with Crippen LogP contribution in [0.4, 0.5) is 0 Å². The molecule has 0 atom stereocenters. The van der Waals surface area contributed by atoms with E-state index >= 15 is 0 Å². The number of hydrogen-bond donors (Lipinski definition) is 2. The third kappa shape index (κ3) is 3.25. The summed E-state index contributed by atoms with van der Waals surface area (Å²) in [5.41, 5.74) is -0.0515. The Balaban J connectivity index is 3.02. The van der Waals surface area contributed by atoms with Crippen LogP contribution in [0, 0.1) is 11.3 Å². The van der Waals surface area contributed by atoms with E-state index in [1.165, 1.54) is 24.3 Å². The van der Waals surface area contributed by atoms with Gasteiger partial charge in [0, 0.05) is 5.56 Å². The number of benzene rings is 1. The molecule has 0 amide bonds. The first-order valence-electron chi connectivity index (χ1n) is 5.40. The van der Waals surface area contributed by atoms with Gasteiger partial charge in [0.05, 0.1) is 6.61 Å². The summed E-state index contributed by atoms with van der Waals surface area (Å²) in [6.07, 6.45) is 1.83. The lowest BCUT2D eigenvalue weighted by Gasteiger charge is -2.03. The molecular formula is C13H13NO4. The lowest BCUT2D eigenvalue weighted by molar-refractivity contribution is -0.138. The van der Waals surface area contributed by atoms with Gasteiger partial charge in [-0.15, -0.1) is 0 Å². The largest absolute Gasteiger partial charge is 0.504 e. The molecule has 5 heteroatoms. The summed E-state index contributed by atoms with van der Waals surface area (Å²) in [4.78, 5) is 11.5. The molecule has 0 aliphatic carbocycles. The van der Waals surface area contributed by atoms with Crippen molar-refractivity contribution in [1.29, 1.82) is 5.26 Å². The SMILES string of the molecule is CCCOC(=O)/C(C#N)=C/c1cccc(O)c1O. The number of nitriles is 1. The Bertz CT molecular complexity index is 514. The number of nitrogens with zero attached hydrogens (tertiary/aromatic N) is 1. The van der Waals surface area contributed by atoms with Crippen LogP contribution in [0.25, 0.3) is 6.08 Å². The smallest absolute Gasteiger partial charge is 0.348 e. The summed E-state index contributed by atoms with van der Waals surface area (Å²) in [7, 11) is 0. The Morgan fingerprint density at radius 2 is 2.22 bits per heavy atom. The quantitative estimate of drug-likeness (QED) is 0.367. The van der Waals surface area contributed by atoms with Crippen LogP contribution < -0.4 is 0 Å². The molecule has 0 bridgehead atoms. The number of aromatic hydroxyl groups is 2. The van der Waals surface area contributed by atoms with Crippen molar-refractivity contribution in [3.8, 4) is 17.6 Å². The van der Waals surface area contributed by atoms with Crippen LogP contribution in [0.2, 0.25) is 0 Å². The van der Waals surface area contributed by atoms with E-state index in [1.807, 2.05) is 6.92 Å². The van der Waals surface area contributed by atoms with Crippen LogP contribution >= 0.6 is 0 Å². The Morgan fingerprint density at radius 3 is 2.83 bits per heavy atom. The van der Waals surface area contributed by atoms with Crippen molar-refractivity contribution in [3.63, 3.8) is 0 Å². The predicted octanol–water partition coefficient (Wildman–Crippen LogP) is 1.96. The zero-order chi connectivity index (χ0) is 13.5. The molecule has 94 valence electrons. The first-order valence-corrected chi connectivity index (χ1v) is 5.40. The summed E-state index contributed by atoms with van der Waals surface area (Å²) < 4.78 is 4.81. The highest BCUT2D eigenvalue weighted by molar-refractivity contribution is 5.98. The Hall–Kier alpha value is -2.48. The fourth-order valence-electron chi connectivity index (χ4n) is 1.23. The molecule has 2 N–H and O–H groups in total. The van der Waals surface area contributed by atoms with Gasteiger partial charge >= 0.3 is 5.97 Å². The molecule has 0 aliphatic rings. The van der Waals surface area contributed by atoms with Gasteiger partial charge in [0.2, 0.25) is 0 Å². The molecule has 18 heavy (non-hydrogen) atoms. The second kappa shape index (κ2) is 6.30. The number of ether oxygens (including phenoxy) is 1. The Kier molecular flexibility index (Phi) is 4.76. The van der Waals surface area contributed by atoms with Gasteiger partial charge in [0.1, 0.15) is 11.6 Å². The first-order chi connectivity index (χ1) is 8.60. The standard InChI is InChI=1S/C13H13NO4/c1-2-6-18-13(17)10(8-14)7-9-4-3-5-11(15)12(9)16/h3-5,7,15-16H,2,6H2,1H3/b10-7+. The third-order valence-corrected chi connectivity index (χ3v) is 2.12. The van der Waals surface area contributed by atoms with Crippen molar-refractivity contribution in [1.82, 2.24) is 0 Å². The van der Waals surface area contributed by atoms with Crippen molar-refractivity contribution in [2.24, 2.45) is 0 Å². The van der Waals surface area contributed by atoms with E-state index in [1.54, 1.807) is 6.07 Å². The minimum absolute atomic E-state index is 0.181. The monoisotopic (exact) mass is 247 g/mol. The first kappa shape index (κ1) is 13.6. The Morgan fingerprint density at radius 1 is 1.50 bits per heavy atom. The van der Waals surface area contributed by atoms with Crippen molar-refractivity contribution in [2.45, 2.75) is 13.3 Å². The van der Waals surface area contributed by atoms with E-state index in [2.05, 4.69) is 0 Å². The van der Waals surface area contributed by atoms with Crippen molar-refractivity contribution < 1.29 is 19.7 Å². The molecule has 5 nitrogen and oxygen atoms in total. The summed E-state index contributed by atoms with van der Waals surface area (Å²) in [6.45, 7) is 2.06. The van der Waals surface area contributed by atoms with Crippen LogP contribution in [0.5, 0.6) is 11.5 Å². The maximum atomic E-state index is 11.5. The predicted molar refractivity (Wildman–Crippen MR) is 64.6 cm³/mol. The molecule has 0 aliphatic heterocycles. The molecule has 1 aromatic carbocycles. The Labute approximate surface area is 105 Å². The van der Waals surface area contributed by atoms with Crippen LogP contribution in [0.3, 0.4) is 0 Å². The van der Waals surface area contributed by atoms with E-state index in [9.17, 15) is 15.0 Å². The normalized spacial score (nSPS) is 10.8. The summed E-state index contributed by atoms with van der Waals surface area (Å²) in [5.74, 6) is -1.45. The molecular weight excluding hydrogens is 234 g/mol. The molecule has 0 fully saturated rings. The minimum Gasteiger partial charge on any atom is -0.504 e. The van der Waals surface area contributed by atoms with Gasteiger partial charge < -0.3 is 14.9 Å². The minimum atomic E-state index is -0.748. The van der Waals surface area contributed by atoms with Crippen LogP contribution in [-0.2, 0) is 9.53 Å². The molecule has 0 spiro atoms. The van der Waals surface area contributed by atoms with Gasteiger partial charge in [0.25, 0.3) is 0 Å². The number of esters is 1. The lowest BCUT2D eigenvalue weighted by atomic mass is 10.1. The number of phenolic OH excluding ortho intramolecular Hbond substituents is 2. The molecule has 0 radical (unpaired) electrons.